The minimum absolute atomic E-state index is 0.104. The van der Waals surface area contributed by atoms with Crippen LogP contribution in [-0.2, 0) is 0 Å². The van der Waals surface area contributed by atoms with Gasteiger partial charge in [0, 0.05) is 23.1 Å². The van der Waals surface area contributed by atoms with Gasteiger partial charge in [-0.05, 0) is 62.2 Å². The summed E-state index contributed by atoms with van der Waals surface area (Å²) in [5.74, 6) is -0.420. The van der Waals surface area contributed by atoms with Crippen molar-refractivity contribution in [3.05, 3.63) is 65.1 Å². The summed E-state index contributed by atoms with van der Waals surface area (Å²) in [6, 6.07) is 12.4. The van der Waals surface area contributed by atoms with E-state index in [1.165, 1.54) is 12.1 Å². The standard InChI is InChI=1S/C19H19FN2O/c1-4-22(15-7-5-6-12(2)10-15)19(23)18-13(3)16-9-8-14(20)11-17(16)21-18/h5-11,21H,4H2,1-3H3. The predicted octanol–water partition coefficient (Wildman–Crippen LogP) is 4.59. The normalized spacial score (nSPS) is 11.0. The lowest BCUT2D eigenvalue weighted by Crippen LogP contribution is -2.31. The zero-order valence-electron chi connectivity index (χ0n) is 13.5. The molecule has 1 amide bonds. The first-order valence-corrected chi connectivity index (χ1v) is 7.67. The summed E-state index contributed by atoms with van der Waals surface area (Å²) < 4.78 is 13.4. The van der Waals surface area contributed by atoms with E-state index in [9.17, 15) is 9.18 Å². The van der Waals surface area contributed by atoms with E-state index in [-0.39, 0.29) is 11.7 Å². The highest BCUT2D eigenvalue weighted by Gasteiger charge is 2.21. The summed E-state index contributed by atoms with van der Waals surface area (Å²) in [4.78, 5) is 17.8. The van der Waals surface area contributed by atoms with Crippen LogP contribution in [0.2, 0.25) is 0 Å². The van der Waals surface area contributed by atoms with E-state index < -0.39 is 0 Å². The number of aryl methyl sites for hydroxylation is 2. The van der Waals surface area contributed by atoms with Crippen LogP contribution in [0.3, 0.4) is 0 Å². The molecule has 3 aromatic rings. The van der Waals surface area contributed by atoms with Crippen LogP contribution in [0, 0.1) is 19.7 Å². The molecule has 23 heavy (non-hydrogen) atoms. The van der Waals surface area contributed by atoms with E-state index >= 15 is 0 Å². The van der Waals surface area contributed by atoms with Gasteiger partial charge >= 0.3 is 0 Å². The zero-order chi connectivity index (χ0) is 16.6. The number of rotatable bonds is 3. The van der Waals surface area contributed by atoms with E-state index in [0.717, 1.165) is 22.2 Å². The Bertz CT molecular complexity index is 882. The van der Waals surface area contributed by atoms with Gasteiger partial charge in [0.05, 0.1) is 0 Å². The van der Waals surface area contributed by atoms with Gasteiger partial charge in [-0.1, -0.05) is 12.1 Å². The number of hydrogen-bond donors (Lipinski definition) is 1. The Hall–Kier alpha value is -2.62. The quantitative estimate of drug-likeness (QED) is 0.754. The Morgan fingerprint density at radius 3 is 2.65 bits per heavy atom. The fourth-order valence-electron chi connectivity index (χ4n) is 2.90. The number of hydrogen-bond acceptors (Lipinski definition) is 1. The second-order valence-corrected chi connectivity index (χ2v) is 5.70. The van der Waals surface area contributed by atoms with Crippen LogP contribution >= 0.6 is 0 Å². The van der Waals surface area contributed by atoms with Gasteiger partial charge in [0.1, 0.15) is 11.5 Å². The molecule has 3 nitrogen and oxygen atoms in total. The molecule has 2 aromatic carbocycles. The number of carbonyl (C=O) groups is 1. The van der Waals surface area contributed by atoms with Gasteiger partial charge in [-0.2, -0.15) is 0 Å². The fraction of sp³-hybridized carbons (Fsp3) is 0.211. The van der Waals surface area contributed by atoms with Crippen LogP contribution in [0.4, 0.5) is 10.1 Å². The number of aromatic nitrogens is 1. The van der Waals surface area contributed by atoms with Crippen molar-refractivity contribution < 1.29 is 9.18 Å². The molecule has 0 atom stereocenters. The van der Waals surface area contributed by atoms with Gasteiger partial charge in [0.15, 0.2) is 0 Å². The van der Waals surface area contributed by atoms with Crippen LogP contribution in [0.5, 0.6) is 0 Å². The number of H-pyrrole nitrogens is 1. The highest BCUT2D eigenvalue weighted by molar-refractivity contribution is 6.09. The van der Waals surface area contributed by atoms with Crippen LogP contribution in [0.1, 0.15) is 28.5 Å². The number of halogens is 1. The molecule has 0 saturated heterocycles. The minimum atomic E-state index is -0.316. The van der Waals surface area contributed by atoms with E-state index in [0.29, 0.717) is 17.8 Å². The van der Waals surface area contributed by atoms with Gasteiger partial charge in [0.2, 0.25) is 0 Å². The van der Waals surface area contributed by atoms with Crippen molar-refractivity contribution in [3.8, 4) is 0 Å². The molecule has 0 radical (unpaired) electrons. The van der Waals surface area contributed by atoms with Crippen molar-refractivity contribution in [2.45, 2.75) is 20.8 Å². The van der Waals surface area contributed by atoms with Crippen molar-refractivity contribution in [2.75, 3.05) is 11.4 Å². The molecule has 0 aliphatic carbocycles. The molecule has 0 saturated carbocycles. The third-order valence-electron chi connectivity index (χ3n) is 4.11. The number of benzene rings is 2. The van der Waals surface area contributed by atoms with Gasteiger partial charge in [0.25, 0.3) is 5.91 Å². The minimum Gasteiger partial charge on any atom is -0.350 e. The number of anilines is 1. The highest BCUT2D eigenvalue weighted by atomic mass is 19.1. The largest absolute Gasteiger partial charge is 0.350 e. The zero-order valence-corrected chi connectivity index (χ0v) is 13.5. The number of nitrogens with one attached hydrogen (secondary N) is 1. The summed E-state index contributed by atoms with van der Waals surface area (Å²) >= 11 is 0. The predicted molar refractivity (Wildman–Crippen MR) is 91.5 cm³/mol. The molecular weight excluding hydrogens is 291 g/mol. The summed E-state index contributed by atoms with van der Waals surface area (Å²) in [5, 5.41) is 0.870. The fourth-order valence-corrected chi connectivity index (χ4v) is 2.90. The summed E-state index contributed by atoms with van der Waals surface area (Å²) in [6.07, 6.45) is 0. The molecule has 0 unspecified atom stereocenters. The molecule has 118 valence electrons. The number of amides is 1. The molecule has 4 heteroatoms. The van der Waals surface area contributed by atoms with E-state index in [1.54, 1.807) is 11.0 Å². The van der Waals surface area contributed by atoms with Crippen LogP contribution in [0.15, 0.2) is 42.5 Å². The number of carbonyl (C=O) groups excluding carboxylic acids is 1. The summed E-state index contributed by atoms with van der Waals surface area (Å²) in [7, 11) is 0. The van der Waals surface area contributed by atoms with Crippen molar-refractivity contribution in [1.29, 1.82) is 0 Å². The monoisotopic (exact) mass is 310 g/mol. The Kier molecular flexibility index (Phi) is 3.90. The molecule has 1 aromatic heterocycles. The Balaban J connectivity index is 2.06. The Morgan fingerprint density at radius 2 is 1.96 bits per heavy atom. The Labute approximate surface area is 134 Å². The van der Waals surface area contributed by atoms with Crippen molar-refractivity contribution >= 4 is 22.5 Å². The molecule has 0 aliphatic rings. The number of fused-ring (bicyclic) bond motifs is 1. The molecular formula is C19H19FN2O. The molecule has 3 rings (SSSR count). The van der Waals surface area contributed by atoms with Crippen molar-refractivity contribution in [1.82, 2.24) is 4.98 Å². The second kappa shape index (κ2) is 5.88. The first-order chi connectivity index (χ1) is 11.0. The van der Waals surface area contributed by atoms with Crippen LogP contribution in [0.25, 0.3) is 10.9 Å². The number of aromatic amines is 1. The average molecular weight is 310 g/mol. The van der Waals surface area contributed by atoms with Crippen molar-refractivity contribution in [2.24, 2.45) is 0 Å². The third-order valence-corrected chi connectivity index (χ3v) is 4.11. The smallest absolute Gasteiger partial charge is 0.274 e. The molecule has 0 aliphatic heterocycles. The third kappa shape index (κ3) is 2.72. The van der Waals surface area contributed by atoms with Crippen LogP contribution < -0.4 is 4.90 Å². The lowest BCUT2D eigenvalue weighted by molar-refractivity contribution is 0.0984. The maximum Gasteiger partial charge on any atom is 0.274 e. The van der Waals surface area contributed by atoms with E-state index in [4.69, 9.17) is 0 Å². The van der Waals surface area contributed by atoms with Crippen molar-refractivity contribution in [3.63, 3.8) is 0 Å². The summed E-state index contributed by atoms with van der Waals surface area (Å²) in [5.41, 5.74) is 3.96. The van der Waals surface area contributed by atoms with E-state index in [2.05, 4.69) is 4.98 Å². The maximum atomic E-state index is 13.4. The summed E-state index contributed by atoms with van der Waals surface area (Å²) in [6.45, 7) is 6.39. The van der Waals surface area contributed by atoms with Gasteiger partial charge < -0.3 is 9.88 Å². The average Bonchev–Trinajstić information content (AvgIpc) is 2.84. The molecule has 1 N–H and O–H groups in total. The Morgan fingerprint density at radius 1 is 1.17 bits per heavy atom. The maximum absolute atomic E-state index is 13.4. The SMILES string of the molecule is CCN(C(=O)c1[nH]c2cc(F)ccc2c1C)c1cccc(C)c1. The molecule has 0 bridgehead atoms. The highest BCUT2D eigenvalue weighted by Crippen LogP contribution is 2.25. The van der Waals surface area contributed by atoms with Gasteiger partial charge in [-0.15, -0.1) is 0 Å². The topological polar surface area (TPSA) is 36.1 Å². The lowest BCUT2D eigenvalue weighted by Gasteiger charge is -2.21. The number of nitrogens with zero attached hydrogens (tertiary/aromatic N) is 1. The molecule has 1 heterocycles. The second-order valence-electron chi connectivity index (χ2n) is 5.70. The van der Waals surface area contributed by atoms with Crippen LogP contribution in [-0.4, -0.2) is 17.4 Å². The van der Waals surface area contributed by atoms with Gasteiger partial charge in [-0.3, -0.25) is 4.79 Å². The van der Waals surface area contributed by atoms with E-state index in [1.807, 2.05) is 45.0 Å². The van der Waals surface area contributed by atoms with Gasteiger partial charge in [-0.25, -0.2) is 4.39 Å². The molecule has 0 fully saturated rings. The lowest BCUT2D eigenvalue weighted by atomic mass is 10.1. The first-order valence-electron chi connectivity index (χ1n) is 7.67. The first kappa shape index (κ1) is 15.3. The molecule has 0 spiro atoms.